The summed E-state index contributed by atoms with van der Waals surface area (Å²) in [6.45, 7) is 6.04. The van der Waals surface area contributed by atoms with Gasteiger partial charge in [0.1, 0.15) is 0 Å². The monoisotopic (exact) mass is 309 g/mol. The van der Waals surface area contributed by atoms with Gasteiger partial charge in [-0.25, -0.2) is 0 Å². The van der Waals surface area contributed by atoms with Crippen LogP contribution in [0.5, 0.6) is 0 Å². The van der Waals surface area contributed by atoms with Crippen LogP contribution in [-0.4, -0.2) is 28.7 Å². The van der Waals surface area contributed by atoms with Crippen molar-refractivity contribution in [3.8, 4) is 0 Å². The Morgan fingerprint density at radius 1 is 1.39 bits per heavy atom. The van der Waals surface area contributed by atoms with Crippen molar-refractivity contribution in [2.24, 2.45) is 5.92 Å². The van der Waals surface area contributed by atoms with Gasteiger partial charge in [0.15, 0.2) is 0 Å². The van der Waals surface area contributed by atoms with Crippen LogP contribution in [0.3, 0.4) is 0 Å². The van der Waals surface area contributed by atoms with Crippen molar-refractivity contribution < 1.29 is 4.79 Å². The number of carbonyl (C=O) groups excluding carboxylic acids is 1. The predicted octanol–water partition coefficient (Wildman–Crippen LogP) is 3.49. The van der Waals surface area contributed by atoms with Gasteiger partial charge in [0.2, 0.25) is 0 Å². The van der Waals surface area contributed by atoms with Crippen LogP contribution in [-0.2, 0) is 6.42 Å². The number of halogens is 1. The van der Waals surface area contributed by atoms with Crippen molar-refractivity contribution in [3.63, 3.8) is 0 Å². The molecule has 0 N–H and O–H groups in total. The molecule has 1 aliphatic rings. The number of rotatable bonds is 2. The lowest BCUT2D eigenvalue weighted by atomic mass is 9.98. The first kappa shape index (κ1) is 13.6. The van der Waals surface area contributed by atoms with Crippen LogP contribution in [0.15, 0.2) is 24.3 Å². The number of amides is 1. The number of carbonyl (C=O) groups is 1. The molecule has 0 bridgehead atoms. The van der Waals surface area contributed by atoms with E-state index in [0.717, 1.165) is 31.5 Å². The molecule has 1 aromatic carbocycles. The van der Waals surface area contributed by atoms with Crippen LogP contribution in [0.2, 0.25) is 0 Å². The number of piperidine rings is 1. The van der Waals surface area contributed by atoms with Crippen LogP contribution in [0.1, 0.15) is 36.2 Å². The zero-order valence-electron chi connectivity index (χ0n) is 11.0. The molecule has 0 spiro atoms. The molecule has 0 radical (unpaired) electrons. The van der Waals surface area contributed by atoms with Gasteiger partial charge in [-0.2, -0.15) is 0 Å². The maximum Gasteiger partial charge on any atom is 0.253 e. The van der Waals surface area contributed by atoms with Crippen molar-refractivity contribution in [1.29, 1.82) is 0 Å². The molecular formula is C15H20BrNO. The number of likely N-dealkylation sites (tertiary alicyclic amines) is 1. The minimum atomic E-state index is 0.161. The van der Waals surface area contributed by atoms with E-state index in [1.807, 2.05) is 29.2 Å². The Labute approximate surface area is 117 Å². The van der Waals surface area contributed by atoms with E-state index >= 15 is 0 Å². The van der Waals surface area contributed by atoms with Crippen LogP contribution < -0.4 is 0 Å². The smallest absolute Gasteiger partial charge is 0.253 e. The van der Waals surface area contributed by atoms with Crippen molar-refractivity contribution in [1.82, 2.24) is 4.90 Å². The third-order valence-electron chi connectivity index (χ3n) is 3.76. The average Bonchev–Trinajstić information content (AvgIpc) is 2.41. The summed E-state index contributed by atoms with van der Waals surface area (Å²) < 4.78 is 0. The van der Waals surface area contributed by atoms with Crippen molar-refractivity contribution in [3.05, 3.63) is 35.4 Å². The lowest BCUT2D eigenvalue weighted by molar-refractivity contribution is 0.0706. The fourth-order valence-corrected chi connectivity index (χ4v) is 2.89. The van der Waals surface area contributed by atoms with E-state index in [-0.39, 0.29) is 5.91 Å². The molecule has 1 fully saturated rings. The minimum absolute atomic E-state index is 0.161. The van der Waals surface area contributed by atoms with Gasteiger partial charge < -0.3 is 4.90 Å². The predicted molar refractivity (Wildman–Crippen MR) is 78.2 cm³/mol. The molecule has 1 aromatic rings. The Kier molecular flexibility index (Phi) is 4.44. The number of alkyl halides is 1. The second-order valence-electron chi connectivity index (χ2n) is 5.08. The summed E-state index contributed by atoms with van der Waals surface area (Å²) in [4.78, 5) is 14.7. The first-order valence-electron chi connectivity index (χ1n) is 6.64. The Morgan fingerprint density at radius 3 is 2.61 bits per heavy atom. The summed E-state index contributed by atoms with van der Waals surface area (Å²) in [5.74, 6) is 0.811. The molecule has 1 saturated heterocycles. The van der Waals surface area contributed by atoms with Gasteiger partial charge in [0, 0.05) is 23.5 Å². The van der Waals surface area contributed by atoms with E-state index in [0.29, 0.717) is 10.7 Å². The molecule has 3 heteroatoms. The Bertz CT molecular complexity index is 415. The molecule has 18 heavy (non-hydrogen) atoms. The van der Waals surface area contributed by atoms with Crippen LogP contribution >= 0.6 is 15.9 Å². The van der Waals surface area contributed by atoms with Gasteiger partial charge in [-0.3, -0.25) is 4.79 Å². The molecular weight excluding hydrogens is 290 g/mol. The zero-order chi connectivity index (χ0) is 13.1. The molecule has 1 heterocycles. The van der Waals surface area contributed by atoms with Crippen molar-refractivity contribution in [2.75, 3.05) is 13.1 Å². The van der Waals surface area contributed by atoms with E-state index in [9.17, 15) is 4.79 Å². The van der Waals surface area contributed by atoms with Crippen molar-refractivity contribution in [2.45, 2.75) is 31.5 Å². The molecule has 2 atom stereocenters. The lowest BCUT2D eigenvalue weighted by Gasteiger charge is -2.34. The van der Waals surface area contributed by atoms with Crippen LogP contribution in [0.25, 0.3) is 0 Å². The molecule has 0 aliphatic carbocycles. The molecule has 2 nitrogen and oxygen atoms in total. The fraction of sp³-hybridized carbons (Fsp3) is 0.533. The van der Waals surface area contributed by atoms with Crippen LogP contribution in [0, 0.1) is 5.92 Å². The lowest BCUT2D eigenvalue weighted by Crippen LogP contribution is -2.43. The normalized spacial score (nSPS) is 24.1. The van der Waals surface area contributed by atoms with E-state index in [1.54, 1.807) is 0 Å². The molecule has 1 amide bonds. The molecule has 2 rings (SSSR count). The third-order valence-corrected chi connectivity index (χ3v) is 4.96. The maximum absolute atomic E-state index is 12.4. The highest BCUT2D eigenvalue weighted by Crippen LogP contribution is 2.24. The Hall–Kier alpha value is -0.830. The zero-order valence-corrected chi connectivity index (χ0v) is 12.6. The van der Waals surface area contributed by atoms with Gasteiger partial charge in [0.05, 0.1) is 0 Å². The highest BCUT2D eigenvalue weighted by molar-refractivity contribution is 9.09. The van der Waals surface area contributed by atoms with E-state index in [4.69, 9.17) is 0 Å². The summed E-state index contributed by atoms with van der Waals surface area (Å²) in [6.07, 6.45) is 2.09. The summed E-state index contributed by atoms with van der Waals surface area (Å²) >= 11 is 3.66. The van der Waals surface area contributed by atoms with Gasteiger partial charge in [-0.1, -0.05) is 41.9 Å². The SMILES string of the molecule is CCc1ccc(C(=O)N2CCC(C)C(Br)C2)cc1. The van der Waals surface area contributed by atoms with Crippen molar-refractivity contribution >= 4 is 21.8 Å². The molecule has 98 valence electrons. The number of hydrogen-bond donors (Lipinski definition) is 0. The number of benzene rings is 1. The number of hydrogen-bond acceptors (Lipinski definition) is 1. The molecule has 0 aromatic heterocycles. The highest BCUT2D eigenvalue weighted by Gasteiger charge is 2.27. The number of nitrogens with zero attached hydrogens (tertiary/aromatic N) is 1. The van der Waals surface area contributed by atoms with E-state index in [1.165, 1.54) is 5.56 Å². The maximum atomic E-state index is 12.4. The second-order valence-corrected chi connectivity index (χ2v) is 6.26. The molecule has 0 saturated carbocycles. The Balaban J connectivity index is 2.06. The second kappa shape index (κ2) is 5.87. The third kappa shape index (κ3) is 2.94. The topological polar surface area (TPSA) is 20.3 Å². The van der Waals surface area contributed by atoms with Gasteiger partial charge in [0.25, 0.3) is 5.91 Å². The molecule has 2 unspecified atom stereocenters. The minimum Gasteiger partial charge on any atom is -0.338 e. The highest BCUT2D eigenvalue weighted by atomic mass is 79.9. The van der Waals surface area contributed by atoms with Gasteiger partial charge in [-0.05, 0) is 36.5 Å². The van der Waals surface area contributed by atoms with Gasteiger partial charge >= 0.3 is 0 Å². The summed E-state index contributed by atoms with van der Waals surface area (Å²) in [5.41, 5.74) is 2.08. The standard InChI is InChI=1S/C15H20BrNO/c1-3-12-4-6-13(7-5-12)15(18)17-9-8-11(2)14(16)10-17/h4-7,11,14H,3,8-10H2,1-2H3. The first-order chi connectivity index (χ1) is 8.61. The first-order valence-corrected chi connectivity index (χ1v) is 7.55. The number of aryl methyl sites for hydroxylation is 1. The summed E-state index contributed by atoms with van der Waals surface area (Å²) in [5, 5.41) is 0. The van der Waals surface area contributed by atoms with E-state index in [2.05, 4.69) is 29.8 Å². The quantitative estimate of drug-likeness (QED) is 0.766. The Morgan fingerprint density at radius 2 is 2.06 bits per heavy atom. The largest absolute Gasteiger partial charge is 0.338 e. The van der Waals surface area contributed by atoms with Crippen LogP contribution in [0.4, 0.5) is 0 Å². The summed E-state index contributed by atoms with van der Waals surface area (Å²) in [7, 11) is 0. The summed E-state index contributed by atoms with van der Waals surface area (Å²) in [6, 6.07) is 7.99. The van der Waals surface area contributed by atoms with Gasteiger partial charge in [-0.15, -0.1) is 0 Å². The average molecular weight is 310 g/mol. The molecule has 1 aliphatic heterocycles. The van der Waals surface area contributed by atoms with E-state index < -0.39 is 0 Å². The fourth-order valence-electron chi connectivity index (χ4n) is 2.27.